The summed E-state index contributed by atoms with van der Waals surface area (Å²) in [5.41, 5.74) is 0.310. The quantitative estimate of drug-likeness (QED) is 0.495. The van der Waals surface area contributed by atoms with Crippen molar-refractivity contribution in [3.63, 3.8) is 0 Å². The number of halogens is 3. The maximum absolute atomic E-state index is 14.5. The van der Waals surface area contributed by atoms with Gasteiger partial charge in [-0.25, -0.2) is 18.7 Å². The normalized spacial score (nSPS) is 21.2. The highest BCUT2D eigenvalue weighted by Crippen LogP contribution is 2.29. The zero-order valence-electron chi connectivity index (χ0n) is 18.4. The average molecular weight is 451 g/mol. The van der Waals surface area contributed by atoms with Crippen molar-refractivity contribution in [1.82, 2.24) is 14.9 Å². The Bertz CT molecular complexity index is 1080. The molecule has 3 heterocycles. The number of rotatable bonds is 6. The van der Waals surface area contributed by atoms with Gasteiger partial charge in [-0.3, -0.25) is 4.90 Å². The van der Waals surface area contributed by atoms with E-state index in [1.165, 1.54) is 29.5 Å². The lowest BCUT2D eigenvalue weighted by Crippen LogP contribution is -2.41. The van der Waals surface area contributed by atoms with E-state index in [0.29, 0.717) is 42.5 Å². The Morgan fingerprint density at radius 2 is 2.20 bits per heavy atom. The highest BCUT2D eigenvalue weighted by Gasteiger charge is 2.27. The van der Waals surface area contributed by atoms with Crippen molar-refractivity contribution in [2.24, 2.45) is 5.92 Å². The molecule has 0 saturated carbocycles. The van der Waals surface area contributed by atoms with Gasteiger partial charge in [-0.2, -0.15) is 0 Å². The van der Waals surface area contributed by atoms with E-state index in [1.807, 2.05) is 12.3 Å². The lowest BCUT2D eigenvalue weighted by Gasteiger charge is -2.37. The molecule has 0 amide bonds. The first-order chi connectivity index (χ1) is 15.3. The van der Waals surface area contributed by atoms with Crippen LogP contribution in [-0.2, 0) is 12.9 Å². The Kier molecular flexibility index (Phi) is 5.83. The topological polar surface area (TPSA) is 41.1 Å². The minimum absolute atomic E-state index is 0.0658. The number of aromatic nitrogens is 2. The molecule has 1 fully saturated rings. The van der Waals surface area contributed by atoms with E-state index in [0.717, 1.165) is 0 Å². The van der Waals surface area contributed by atoms with Crippen LogP contribution >= 0.6 is 22.9 Å². The van der Waals surface area contributed by atoms with Crippen LogP contribution < -0.4 is 5.32 Å². The number of hydrogen-bond acceptors (Lipinski definition) is 5. The molecular formula is C22H23ClF2N4S. The zero-order valence-corrected chi connectivity index (χ0v) is 18.0. The minimum atomic E-state index is -2.00. The molecule has 1 aromatic carbocycles. The van der Waals surface area contributed by atoms with Gasteiger partial charge in [0, 0.05) is 32.4 Å². The molecule has 2 atom stereocenters. The fourth-order valence-corrected chi connectivity index (χ4v) is 4.44. The number of benzene rings is 1. The highest BCUT2D eigenvalue weighted by atomic mass is 35.5. The van der Waals surface area contributed by atoms with Gasteiger partial charge in [0.1, 0.15) is 17.5 Å². The van der Waals surface area contributed by atoms with Crippen LogP contribution in [0.15, 0.2) is 41.9 Å². The fraction of sp³-hybridized carbons (Fsp3) is 0.364. The lowest BCUT2D eigenvalue weighted by atomic mass is 9.87. The molecule has 1 aliphatic heterocycles. The second kappa shape index (κ2) is 9.37. The van der Waals surface area contributed by atoms with E-state index in [4.69, 9.17) is 14.3 Å². The molecule has 8 heteroatoms. The van der Waals surface area contributed by atoms with E-state index in [2.05, 4.69) is 15.3 Å². The van der Waals surface area contributed by atoms with Crippen molar-refractivity contribution >= 4 is 33.9 Å². The number of pyridine rings is 1. The van der Waals surface area contributed by atoms with Gasteiger partial charge in [0.25, 0.3) is 0 Å². The molecular weight excluding hydrogens is 426 g/mol. The van der Waals surface area contributed by atoms with Gasteiger partial charge in [-0.05, 0) is 56.8 Å². The van der Waals surface area contributed by atoms with Crippen molar-refractivity contribution in [2.75, 3.05) is 11.9 Å². The summed E-state index contributed by atoms with van der Waals surface area (Å²) in [7, 11) is 0. The number of piperidine rings is 1. The van der Waals surface area contributed by atoms with Crippen LogP contribution in [0.5, 0.6) is 0 Å². The second-order valence-corrected chi connectivity index (χ2v) is 8.74. The smallest absolute Gasteiger partial charge is 0.188 e. The Hall–Kier alpha value is -2.09. The molecule has 2 aromatic heterocycles. The highest BCUT2D eigenvalue weighted by molar-refractivity contribution is 7.13. The maximum Gasteiger partial charge on any atom is 0.188 e. The van der Waals surface area contributed by atoms with E-state index in [1.54, 1.807) is 23.2 Å². The predicted molar refractivity (Wildman–Crippen MR) is 117 cm³/mol. The average Bonchev–Trinajstić information content (AvgIpc) is 3.25. The first-order valence-electron chi connectivity index (χ1n) is 10.8. The molecule has 1 N–H and O–H groups in total. The van der Waals surface area contributed by atoms with Crippen molar-refractivity contribution < 1.29 is 11.5 Å². The van der Waals surface area contributed by atoms with Crippen LogP contribution in [0.3, 0.4) is 0 Å². The number of thiazole rings is 1. The number of nitrogens with one attached hydrogen (secondary N) is 1. The summed E-state index contributed by atoms with van der Waals surface area (Å²) < 4.78 is 46.1. The monoisotopic (exact) mass is 450 g/mol. The predicted octanol–water partition coefficient (Wildman–Crippen LogP) is 6.06. The first-order valence-corrected chi connectivity index (χ1v) is 11.0. The van der Waals surface area contributed by atoms with Gasteiger partial charge >= 0.3 is 0 Å². The van der Waals surface area contributed by atoms with Crippen molar-refractivity contribution in [3.8, 4) is 0 Å². The Balaban J connectivity index is 1.45. The molecule has 30 heavy (non-hydrogen) atoms. The summed E-state index contributed by atoms with van der Waals surface area (Å²) in [6, 6.07) is 7.21. The van der Waals surface area contributed by atoms with Crippen LogP contribution in [0.1, 0.15) is 33.8 Å². The molecule has 4 nitrogen and oxygen atoms in total. The second-order valence-electron chi connectivity index (χ2n) is 7.44. The summed E-state index contributed by atoms with van der Waals surface area (Å²) in [6.07, 6.45) is 3.43. The molecule has 2 unspecified atom stereocenters. The Morgan fingerprint density at radius 1 is 1.33 bits per heavy atom. The molecule has 1 aliphatic rings. The van der Waals surface area contributed by atoms with Crippen LogP contribution in [0, 0.1) is 17.6 Å². The molecule has 4 rings (SSSR count). The minimum Gasteiger partial charge on any atom is -0.316 e. The Labute approximate surface area is 186 Å². The summed E-state index contributed by atoms with van der Waals surface area (Å²) >= 11 is 7.30. The van der Waals surface area contributed by atoms with E-state index < -0.39 is 12.3 Å². The summed E-state index contributed by atoms with van der Waals surface area (Å²) in [5.74, 6) is -0.418. The zero-order chi connectivity index (χ0) is 22.9. The SMILES string of the molecule is [2H]C([2H])(c1cccc(Cl)c1F)N1CCC(Cc2nc(Nc3nccs3)ccc2F)CC1C. The van der Waals surface area contributed by atoms with Crippen LogP contribution in [0.2, 0.25) is 5.02 Å². The number of anilines is 2. The molecule has 0 radical (unpaired) electrons. The molecule has 0 spiro atoms. The van der Waals surface area contributed by atoms with Gasteiger partial charge in [0.2, 0.25) is 0 Å². The molecule has 0 bridgehead atoms. The van der Waals surface area contributed by atoms with Gasteiger partial charge in [-0.15, -0.1) is 11.3 Å². The van der Waals surface area contributed by atoms with Crippen molar-refractivity contribution in [2.45, 2.75) is 38.7 Å². The number of nitrogens with zero attached hydrogens (tertiary/aromatic N) is 3. The maximum atomic E-state index is 14.5. The lowest BCUT2D eigenvalue weighted by molar-refractivity contribution is 0.113. The third kappa shape index (κ3) is 4.96. The van der Waals surface area contributed by atoms with E-state index in [9.17, 15) is 8.78 Å². The van der Waals surface area contributed by atoms with Gasteiger partial charge in [-0.1, -0.05) is 23.7 Å². The third-order valence-electron chi connectivity index (χ3n) is 5.27. The van der Waals surface area contributed by atoms with Gasteiger partial charge < -0.3 is 5.32 Å². The fourth-order valence-electron chi connectivity index (χ4n) is 3.73. The van der Waals surface area contributed by atoms with Crippen LogP contribution in [0.25, 0.3) is 0 Å². The van der Waals surface area contributed by atoms with Gasteiger partial charge in [0.15, 0.2) is 5.13 Å². The number of hydrogen-bond donors (Lipinski definition) is 1. The Morgan fingerprint density at radius 3 is 2.97 bits per heavy atom. The largest absolute Gasteiger partial charge is 0.316 e. The molecule has 158 valence electrons. The van der Waals surface area contributed by atoms with Gasteiger partial charge in [0.05, 0.1) is 10.7 Å². The molecule has 1 saturated heterocycles. The van der Waals surface area contributed by atoms with Crippen molar-refractivity contribution in [1.29, 1.82) is 0 Å². The summed E-state index contributed by atoms with van der Waals surface area (Å²) in [5, 5.41) is 5.51. The standard InChI is InChI=1S/C22H23ClF2N4S/c1-14-11-15(7-9-29(14)13-16-3-2-4-17(23)21(16)25)12-19-18(24)5-6-20(27-19)28-22-26-8-10-30-22/h2-6,8,10,14-15H,7,9,11-13H2,1H3,(H,26,27,28)/i13D2. The van der Waals surface area contributed by atoms with Crippen molar-refractivity contribution in [3.05, 3.63) is 69.8 Å². The van der Waals surface area contributed by atoms with E-state index >= 15 is 0 Å². The summed E-state index contributed by atoms with van der Waals surface area (Å²) in [4.78, 5) is 10.2. The van der Waals surface area contributed by atoms with Crippen LogP contribution in [0.4, 0.5) is 19.7 Å². The number of likely N-dealkylation sites (tertiary alicyclic amines) is 1. The summed E-state index contributed by atoms with van der Waals surface area (Å²) in [6.45, 7) is 0.334. The molecule has 3 aromatic rings. The third-order valence-corrected chi connectivity index (χ3v) is 6.25. The van der Waals surface area contributed by atoms with Crippen LogP contribution in [-0.4, -0.2) is 27.5 Å². The van der Waals surface area contributed by atoms with E-state index in [-0.39, 0.29) is 28.4 Å². The first kappa shape index (κ1) is 18.7. The molecule has 0 aliphatic carbocycles.